The molecule has 0 aromatic heterocycles. The molecule has 1 aromatic rings. The quantitative estimate of drug-likeness (QED) is 0.839. The highest BCUT2D eigenvalue weighted by atomic mass is 19.4. The first-order valence-corrected chi connectivity index (χ1v) is 6.02. The van der Waals surface area contributed by atoms with Gasteiger partial charge < -0.3 is 10.1 Å². The Morgan fingerprint density at radius 2 is 1.67 bits per heavy atom. The number of hydrogen-bond acceptors (Lipinski definition) is 2. The van der Waals surface area contributed by atoms with Crippen LogP contribution in [0.4, 0.5) is 13.2 Å². The molecular weight excluding hydrogens is 243 g/mol. The van der Waals surface area contributed by atoms with Crippen molar-refractivity contribution in [3.8, 4) is 5.75 Å². The monoisotopic (exact) mass is 261 g/mol. The molecule has 0 fully saturated rings. The molecule has 5 heteroatoms. The average molecular weight is 261 g/mol. The normalized spacial score (nSPS) is 11.9. The standard InChI is InChI=1S/C13H18F3NO/c1-3-11(4-2)17-9-10-5-7-12(8-6-10)18-13(14,15)16/h5-8,11,17H,3-4,9H2,1-2H3. The lowest BCUT2D eigenvalue weighted by Gasteiger charge is -2.15. The lowest BCUT2D eigenvalue weighted by Crippen LogP contribution is -2.26. The minimum absolute atomic E-state index is 0.186. The summed E-state index contributed by atoms with van der Waals surface area (Å²) in [6, 6.07) is 6.37. The zero-order valence-corrected chi connectivity index (χ0v) is 10.6. The molecule has 0 aliphatic rings. The van der Waals surface area contributed by atoms with E-state index in [1.807, 2.05) is 0 Å². The second-order valence-electron chi connectivity index (χ2n) is 4.09. The molecule has 0 atom stereocenters. The second-order valence-corrected chi connectivity index (χ2v) is 4.09. The van der Waals surface area contributed by atoms with Gasteiger partial charge in [-0.05, 0) is 30.5 Å². The molecule has 18 heavy (non-hydrogen) atoms. The molecule has 1 N–H and O–H groups in total. The van der Waals surface area contributed by atoms with Crippen LogP contribution in [0.25, 0.3) is 0 Å². The number of nitrogens with one attached hydrogen (secondary N) is 1. The summed E-state index contributed by atoms with van der Waals surface area (Å²) in [6.07, 6.45) is -2.56. The Hall–Kier alpha value is -1.23. The molecular formula is C13H18F3NO. The van der Waals surface area contributed by atoms with Crippen LogP contribution in [0, 0.1) is 0 Å². The number of benzene rings is 1. The van der Waals surface area contributed by atoms with Crippen molar-refractivity contribution in [2.75, 3.05) is 0 Å². The number of ether oxygens (including phenoxy) is 1. The molecule has 0 radical (unpaired) electrons. The van der Waals surface area contributed by atoms with Gasteiger partial charge in [-0.1, -0.05) is 26.0 Å². The Morgan fingerprint density at radius 1 is 1.11 bits per heavy atom. The van der Waals surface area contributed by atoms with E-state index in [4.69, 9.17) is 0 Å². The molecule has 1 aromatic carbocycles. The van der Waals surface area contributed by atoms with Gasteiger partial charge >= 0.3 is 6.36 Å². The van der Waals surface area contributed by atoms with Crippen LogP contribution in [-0.2, 0) is 6.54 Å². The summed E-state index contributed by atoms with van der Waals surface area (Å²) in [5.74, 6) is -0.186. The zero-order chi connectivity index (χ0) is 13.6. The topological polar surface area (TPSA) is 21.3 Å². The van der Waals surface area contributed by atoms with Crippen molar-refractivity contribution >= 4 is 0 Å². The van der Waals surface area contributed by atoms with E-state index >= 15 is 0 Å². The van der Waals surface area contributed by atoms with Crippen LogP contribution in [0.1, 0.15) is 32.3 Å². The molecule has 0 bridgehead atoms. The number of rotatable bonds is 6. The SMILES string of the molecule is CCC(CC)NCc1ccc(OC(F)(F)F)cc1. The molecule has 0 aliphatic heterocycles. The van der Waals surface area contributed by atoms with Crippen molar-refractivity contribution in [2.45, 2.75) is 45.6 Å². The molecule has 1 rings (SSSR count). The molecule has 0 unspecified atom stereocenters. The average Bonchev–Trinajstić information content (AvgIpc) is 2.30. The van der Waals surface area contributed by atoms with Crippen molar-refractivity contribution in [1.82, 2.24) is 5.32 Å². The molecule has 0 heterocycles. The van der Waals surface area contributed by atoms with Crippen LogP contribution in [0.2, 0.25) is 0 Å². The maximum absolute atomic E-state index is 12.0. The van der Waals surface area contributed by atoms with E-state index in [1.54, 1.807) is 12.1 Å². The van der Waals surface area contributed by atoms with Crippen LogP contribution in [0.5, 0.6) is 5.75 Å². The van der Waals surface area contributed by atoms with Gasteiger partial charge in [0.05, 0.1) is 0 Å². The van der Waals surface area contributed by atoms with Crippen molar-refractivity contribution < 1.29 is 17.9 Å². The van der Waals surface area contributed by atoms with Crippen LogP contribution in [-0.4, -0.2) is 12.4 Å². The number of halogens is 3. The van der Waals surface area contributed by atoms with E-state index in [9.17, 15) is 13.2 Å². The molecule has 0 saturated heterocycles. The third-order valence-electron chi connectivity index (χ3n) is 2.74. The lowest BCUT2D eigenvalue weighted by atomic mass is 10.1. The summed E-state index contributed by atoms with van der Waals surface area (Å²) < 4.78 is 39.7. The van der Waals surface area contributed by atoms with Crippen LogP contribution < -0.4 is 10.1 Å². The Labute approximate surface area is 105 Å². The lowest BCUT2D eigenvalue weighted by molar-refractivity contribution is -0.274. The van der Waals surface area contributed by atoms with Gasteiger partial charge in [0, 0.05) is 12.6 Å². The van der Waals surface area contributed by atoms with Crippen LogP contribution in [0.3, 0.4) is 0 Å². The highest BCUT2D eigenvalue weighted by Gasteiger charge is 2.30. The van der Waals surface area contributed by atoms with Crippen molar-refractivity contribution in [1.29, 1.82) is 0 Å². The van der Waals surface area contributed by atoms with Gasteiger partial charge in [-0.3, -0.25) is 0 Å². The predicted octanol–water partition coefficient (Wildman–Crippen LogP) is 3.86. The second kappa shape index (κ2) is 6.64. The van der Waals surface area contributed by atoms with Crippen molar-refractivity contribution in [3.05, 3.63) is 29.8 Å². The first-order chi connectivity index (χ1) is 8.44. The summed E-state index contributed by atoms with van der Waals surface area (Å²) in [4.78, 5) is 0. The van der Waals surface area contributed by atoms with E-state index in [0.29, 0.717) is 12.6 Å². The van der Waals surface area contributed by atoms with E-state index in [1.165, 1.54) is 12.1 Å². The zero-order valence-electron chi connectivity index (χ0n) is 10.6. The van der Waals surface area contributed by atoms with Gasteiger partial charge in [-0.25, -0.2) is 0 Å². The summed E-state index contributed by atoms with van der Waals surface area (Å²) in [5, 5.41) is 3.34. The maximum Gasteiger partial charge on any atom is 0.573 e. The Bertz CT molecular complexity index is 344. The van der Waals surface area contributed by atoms with Crippen LogP contribution in [0.15, 0.2) is 24.3 Å². The summed E-state index contributed by atoms with van der Waals surface area (Å²) in [5.41, 5.74) is 0.941. The minimum atomic E-state index is -4.63. The molecule has 0 aliphatic carbocycles. The first-order valence-electron chi connectivity index (χ1n) is 6.02. The number of hydrogen-bond donors (Lipinski definition) is 1. The largest absolute Gasteiger partial charge is 0.573 e. The fourth-order valence-electron chi connectivity index (χ4n) is 1.65. The van der Waals surface area contributed by atoms with E-state index in [-0.39, 0.29) is 5.75 Å². The highest BCUT2D eigenvalue weighted by molar-refractivity contribution is 5.27. The smallest absolute Gasteiger partial charge is 0.406 e. The van der Waals surface area contributed by atoms with Gasteiger partial charge in [0.2, 0.25) is 0 Å². The Kier molecular flexibility index (Phi) is 5.47. The van der Waals surface area contributed by atoms with E-state index in [0.717, 1.165) is 18.4 Å². The maximum atomic E-state index is 12.0. The fourth-order valence-corrected chi connectivity index (χ4v) is 1.65. The van der Waals surface area contributed by atoms with Crippen molar-refractivity contribution in [3.63, 3.8) is 0 Å². The molecule has 0 spiro atoms. The van der Waals surface area contributed by atoms with Crippen molar-refractivity contribution in [2.24, 2.45) is 0 Å². The van der Waals surface area contributed by atoms with E-state index < -0.39 is 6.36 Å². The summed E-state index contributed by atoms with van der Waals surface area (Å²) in [7, 11) is 0. The van der Waals surface area contributed by atoms with Gasteiger partial charge in [0.25, 0.3) is 0 Å². The minimum Gasteiger partial charge on any atom is -0.406 e. The van der Waals surface area contributed by atoms with Gasteiger partial charge in [0.15, 0.2) is 0 Å². The predicted molar refractivity (Wildman–Crippen MR) is 64.3 cm³/mol. The third kappa shape index (κ3) is 5.40. The van der Waals surface area contributed by atoms with Gasteiger partial charge in [0.1, 0.15) is 5.75 Å². The summed E-state index contributed by atoms with van der Waals surface area (Å²) >= 11 is 0. The molecule has 102 valence electrons. The first kappa shape index (κ1) is 14.8. The van der Waals surface area contributed by atoms with Crippen LogP contribution >= 0.6 is 0 Å². The Balaban J connectivity index is 2.50. The molecule has 2 nitrogen and oxygen atoms in total. The molecule has 0 amide bonds. The number of alkyl halides is 3. The van der Waals surface area contributed by atoms with E-state index in [2.05, 4.69) is 23.9 Å². The summed E-state index contributed by atoms with van der Waals surface area (Å²) in [6.45, 7) is 4.85. The van der Waals surface area contributed by atoms with Gasteiger partial charge in [-0.2, -0.15) is 0 Å². The third-order valence-corrected chi connectivity index (χ3v) is 2.74. The Morgan fingerprint density at radius 3 is 2.11 bits per heavy atom. The van der Waals surface area contributed by atoms with Gasteiger partial charge in [-0.15, -0.1) is 13.2 Å². The highest BCUT2D eigenvalue weighted by Crippen LogP contribution is 2.22. The fraction of sp³-hybridized carbons (Fsp3) is 0.538. The molecule has 0 saturated carbocycles.